The molecule has 2 rings (SSSR count). The van der Waals surface area contributed by atoms with Gasteiger partial charge in [0.1, 0.15) is 6.04 Å². The van der Waals surface area contributed by atoms with Gasteiger partial charge in [0.15, 0.2) is 0 Å². The van der Waals surface area contributed by atoms with Crippen molar-refractivity contribution in [2.75, 3.05) is 19.8 Å². The average Bonchev–Trinajstić information content (AvgIpc) is 2.41. The van der Waals surface area contributed by atoms with Crippen molar-refractivity contribution in [2.45, 2.75) is 19.5 Å². The summed E-state index contributed by atoms with van der Waals surface area (Å²) in [5.74, 6) is -0.356. The van der Waals surface area contributed by atoms with Gasteiger partial charge < -0.3 is 10.5 Å². The molecule has 1 aliphatic heterocycles. The van der Waals surface area contributed by atoms with E-state index in [-0.39, 0.29) is 11.9 Å². The first-order chi connectivity index (χ1) is 9.11. The molecule has 100 valence electrons. The van der Waals surface area contributed by atoms with Gasteiger partial charge in [0.2, 0.25) is 5.91 Å². The second-order valence-corrected chi connectivity index (χ2v) is 4.72. The van der Waals surface area contributed by atoms with Gasteiger partial charge in [-0.1, -0.05) is 6.07 Å². The van der Waals surface area contributed by atoms with E-state index in [2.05, 4.69) is 6.07 Å². The van der Waals surface area contributed by atoms with Crippen molar-refractivity contribution in [2.24, 2.45) is 5.73 Å². The van der Waals surface area contributed by atoms with Crippen LogP contribution in [-0.4, -0.2) is 36.6 Å². The van der Waals surface area contributed by atoms with E-state index >= 15 is 0 Å². The Kier molecular flexibility index (Phi) is 4.15. The van der Waals surface area contributed by atoms with Gasteiger partial charge in [-0.15, -0.1) is 0 Å². The summed E-state index contributed by atoms with van der Waals surface area (Å²) in [4.78, 5) is 13.4. The second kappa shape index (κ2) is 5.83. The number of rotatable bonds is 3. The van der Waals surface area contributed by atoms with E-state index in [4.69, 9.17) is 15.7 Å². The highest BCUT2D eigenvalue weighted by Gasteiger charge is 2.27. The quantitative estimate of drug-likeness (QED) is 0.859. The third-order valence-corrected chi connectivity index (χ3v) is 3.41. The summed E-state index contributed by atoms with van der Waals surface area (Å²) in [6, 6.07) is 7.33. The zero-order chi connectivity index (χ0) is 13.8. The van der Waals surface area contributed by atoms with Gasteiger partial charge in [0.25, 0.3) is 0 Å². The summed E-state index contributed by atoms with van der Waals surface area (Å²) >= 11 is 0. The monoisotopic (exact) mass is 259 g/mol. The molecule has 0 aromatic heterocycles. The SMILES string of the molecule is Cc1cc(C#N)ccc1CN1CCOCC1C(N)=O. The van der Waals surface area contributed by atoms with Crippen LogP contribution in [0.3, 0.4) is 0 Å². The zero-order valence-corrected chi connectivity index (χ0v) is 10.9. The smallest absolute Gasteiger partial charge is 0.237 e. The first-order valence-electron chi connectivity index (χ1n) is 6.22. The van der Waals surface area contributed by atoms with Crippen LogP contribution in [0.15, 0.2) is 18.2 Å². The van der Waals surface area contributed by atoms with Gasteiger partial charge >= 0.3 is 0 Å². The Balaban J connectivity index is 2.15. The van der Waals surface area contributed by atoms with E-state index in [1.807, 2.05) is 24.0 Å². The normalized spacial score (nSPS) is 19.9. The number of amides is 1. The first-order valence-corrected chi connectivity index (χ1v) is 6.22. The molecule has 1 aromatic rings. The van der Waals surface area contributed by atoms with Crippen LogP contribution in [0.1, 0.15) is 16.7 Å². The Morgan fingerprint density at radius 1 is 1.63 bits per heavy atom. The van der Waals surface area contributed by atoms with Crippen molar-refractivity contribution in [3.63, 3.8) is 0 Å². The molecule has 0 spiro atoms. The molecular formula is C14H17N3O2. The van der Waals surface area contributed by atoms with Gasteiger partial charge in [0, 0.05) is 13.1 Å². The highest BCUT2D eigenvalue weighted by Crippen LogP contribution is 2.16. The molecule has 1 heterocycles. The third-order valence-electron chi connectivity index (χ3n) is 3.41. The minimum atomic E-state index is -0.371. The molecule has 1 amide bonds. The molecule has 1 fully saturated rings. The summed E-state index contributed by atoms with van der Waals surface area (Å²) in [5.41, 5.74) is 8.19. The van der Waals surface area contributed by atoms with Crippen LogP contribution in [0, 0.1) is 18.3 Å². The predicted molar refractivity (Wildman–Crippen MR) is 70.1 cm³/mol. The lowest BCUT2D eigenvalue weighted by Gasteiger charge is -2.33. The van der Waals surface area contributed by atoms with Crippen LogP contribution in [0.2, 0.25) is 0 Å². The minimum absolute atomic E-state index is 0.352. The number of nitriles is 1. The summed E-state index contributed by atoms with van der Waals surface area (Å²) in [6.45, 7) is 4.27. The van der Waals surface area contributed by atoms with E-state index in [1.165, 1.54) is 0 Å². The highest BCUT2D eigenvalue weighted by atomic mass is 16.5. The Morgan fingerprint density at radius 2 is 2.42 bits per heavy atom. The molecule has 19 heavy (non-hydrogen) atoms. The number of ether oxygens (including phenoxy) is 1. The Labute approximate surface area is 112 Å². The van der Waals surface area contributed by atoms with E-state index in [0.717, 1.165) is 11.1 Å². The molecule has 1 saturated heterocycles. The number of hydrogen-bond acceptors (Lipinski definition) is 4. The molecule has 1 unspecified atom stereocenters. The lowest BCUT2D eigenvalue weighted by molar-refractivity contribution is -0.129. The molecule has 5 nitrogen and oxygen atoms in total. The Hall–Kier alpha value is -1.90. The van der Waals surface area contributed by atoms with Crippen molar-refractivity contribution in [1.29, 1.82) is 5.26 Å². The van der Waals surface area contributed by atoms with Gasteiger partial charge in [-0.3, -0.25) is 9.69 Å². The fraction of sp³-hybridized carbons (Fsp3) is 0.429. The molecule has 2 N–H and O–H groups in total. The van der Waals surface area contributed by atoms with Crippen molar-refractivity contribution < 1.29 is 9.53 Å². The van der Waals surface area contributed by atoms with Crippen LogP contribution >= 0.6 is 0 Å². The fourth-order valence-electron chi connectivity index (χ4n) is 2.25. The Morgan fingerprint density at radius 3 is 3.05 bits per heavy atom. The molecule has 0 bridgehead atoms. The zero-order valence-electron chi connectivity index (χ0n) is 10.9. The number of aryl methyl sites for hydroxylation is 1. The van der Waals surface area contributed by atoms with E-state index < -0.39 is 0 Å². The molecule has 1 atom stereocenters. The average molecular weight is 259 g/mol. The minimum Gasteiger partial charge on any atom is -0.378 e. The molecule has 1 aromatic carbocycles. The van der Waals surface area contributed by atoms with Gasteiger partial charge in [-0.25, -0.2) is 0 Å². The lowest BCUT2D eigenvalue weighted by Crippen LogP contribution is -2.51. The fourth-order valence-corrected chi connectivity index (χ4v) is 2.25. The number of primary amides is 1. The number of nitrogens with two attached hydrogens (primary N) is 1. The molecular weight excluding hydrogens is 242 g/mol. The molecule has 0 radical (unpaired) electrons. The van der Waals surface area contributed by atoms with E-state index in [0.29, 0.717) is 31.9 Å². The van der Waals surface area contributed by atoms with Gasteiger partial charge in [-0.2, -0.15) is 5.26 Å². The molecule has 0 saturated carbocycles. The third kappa shape index (κ3) is 3.11. The lowest BCUT2D eigenvalue weighted by atomic mass is 10.0. The number of nitrogens with zero attached hydrogens (tertiary/aromatic N) is 2. The van der Waals surface area contributed by atoms with Crippen LogP contribution in [0.25, 0.3) is 0 Å². The standard InChI is InChI=1S/C14H17N3O2/c1-10-6-11(7-15)2-3-12(10)8-17-4-5-19-9-13(17)14(16)18/h2-3,6,13H,4-5,8-9H2,1H3,(H2,16,18). The number of morpholine rings is 1. The molecule has 1 aliphatic rings. The van der Waals surface area contributed by atoms with Crippen molar-refractivity contribution in [3.8, 4) is 6.07 Å². The largest absolute Gasteiger partial charge is 0.378 e. The topological polar surface area (TPSA) is 79.3 Å². The summed E-state index contributed by atoms with van der Waals surface area (Å²) in [5, 5.41) is 8.85. The molecule has 5 heteroatoms. The number of carbonyl (C=O) groups excluding carboxylic acids is 1. The number of carbonyl (C=O) groups is 1. The Bertz CT molecular complexity index is 522. The van der Waals surface area contributed by atoms with Gasteiger partial charge in [0.05, 0.1) is 24.8 Å². The molecule has 0 aliphatic carbocycles. The second-order valence-electron chi connectivity index (χ2n) is 4.72. The maximum atomic E-state index is 11.4. The summed E-state index contributed by atoms with van der Waals surface area (Å²) in [7, 11) is 0. The predicted octanol–water partition coefficient (Wildman–Crippen LogP) is 0.553. The van der Waals surface area contributed by atoms with Crippen LogP contribution < -0.4 is 5.73 Å². The van der Waals surface area contributed by atoms with E-state index in [1.54, 1.807) is 6.07 Å². The maximum absolute atomic E-state index is 11.4. The summed E-state index contributed by atoms with van der Waals surface area (Å²) < 4.78 is 5.29. The van der Waals surface area contributed by atoms with Crippen molar-refractivity contribution >= 4 is 5.91 Å². The van der Waals surface area contributed by atoms with Gasteiger partial charge in [-0.05, 0) is 30.2 Å². The summed E-state index contributed by atoms with van der Waals surface area (Å²) in [6.07, 6.45) is 0. The highest BCUT2D eigenvalue weighted by molar-refractivity contribution is 5.80. The van der Waals surface area contributed by atoms with Crippen LogP contribution in [0.4, 0.5) is 0 Å². The maximum Gasteiger partial charge on any atom is 0.237 e. The van der Waals surface area contributed by atoms with Crippen molar-refractivity contribution in [3.05, 3.63) is 34.9 Å². The van der Waals surface area contributed by atoms with Crippen LogP contribution in [-0.2, 0) is 16.1 Å². The van der Waals surface area contributed by atoms with Crippen LogP contribution in [0.5, 0.6) is 0 Å². The number of hydrogen-bond donors (Lipinski definition) is 1. The first kappa shape index (κ1) is 13.5. The number of benzene rings is 1. The van der Waals surface area contributed by atoms with E-state index in [9.17, 15) is 4.79 Å². The van der Waals surface area contributed by atoms with Crippen molar-refractivity contribution in [1.82, 2.24) is 4.90 Å².